The van der Waals surface area contributed by atoms with Crippen molar-refractivity contribution in [1.29, 1.82) is 0 Å². The number of amides is 7. The number of primary amides is 1. The Hall–Kier alpha value is -9.66. The van der Waals surface area contributed by atoms with Crippen LogP contribution < -0.4 is 68.2 Å². The molecular weight excluding hydrogens is 1810 g/mol. The minimum atomic E-state index is -2.35. The molecule has 0 radical (unpaired) electrons. The van der Waals surface area contributed by atoms with Gasteiger partial charge in [0.2, 0.25) is 53.4 Å². The van der Waals surface area contributed by atoms with Gasteiger partial charge < -0.3 is 138 Å². The van der Waals surface area contributed by atoms with E-state index in [-0.39, 0.29) is 79.6 Å². The summed E-state index contributed by atoms with van der Waals surface area (Å²) in [4.78, 5) is 121. The SMILES string of the molecule is CN[C@H](CC(C)C)C(=O)N[C@H]1C(=O)N[C@@H](CC(N)=O)C(=O)N[C@H]2C(=O)N[C@H]3C(=O)N[C@H](C(=O)N[C@H](C(=O)O)c4cc(O)cc(O)c4-c4cc3ccc4I)[C@H](O[C@H]3C[C@](C)(N)[C@@H](O)[C@H](C)O3)c3ccc(c(Cl)c3)Oc3cc2cc(c3O[C@@H]2O[C@H](CO)[C@@H](O)[C@H](O)[C@H]2O[C@H]2C[C@](C)(NCc3ccc(-c4ccc(Cl)cc4)cc3)[C@@H](O)[C@H](C)O2)Oc2ccc(cc2Cl)[C@H]1O. The first-order chi connectivity index (χ1) is 59.2. The van der Waals surface area contributed by atoms with Gasteiger partial charge in [-0.05, 0) is 181 Å². The zero-order valence-corrected chi connectivity index (χ0v) is 72.6. The first-order valence-corrected chi connectivity index (χ1v) is 42.2. The van der Waals surface area contributed by atoms with Gasteiger partial charge in [0.25, 0.3) is 0 Å². The summed E-state index contributed by atoms with van der Waals surface area (Å²) in [6, 6.07) is 16.2. The lowest BCUT2D eigenvalue weighted by Crippen LogP contribution is -2.65. The van der Waals surface area contributed by atoms with E-state index in [1.807, 2.05) is 72.8 Å². The monoisotopic (exact) mass is 1900 g/mol. The number of aliphatic carboxylic acids is 1. The number of likely N-dealkylation sites (N-methyl/N-ethyl adjacent to an activating group) is 1. The number of phenolic OH excluding ortho intramolecular Hbond substituents is 2. The second-order valence-electron chi connectivity index (χ2n) is 32.7. The van der Waals surface area contributed by atoms with Crippen LogP contribution in [-0.2, 0) is 68.6 Å². The Labute approximate surface area is 744 Å². The van der Waals surface area contributed by atoms with E-state index < -0.39 is 239 Å². The quantitative estimate of drug-likeness (QED) is 0.0451. The lowest BCUT2D eigenvalue weighted by Gasteiger charge is -2.48. The molecule has 39 heteroatoms. The number of hydrogen-bond acceptors (Lipinski definition) is 27. The van der Waals surface area contributed by atoms with Crippen molar-refractivity contribution in [3.63, 3.8) is 0 Å². The topological polar surface area (TPSA) is 541 Å². The van der Waals surface area contributed by atoms with Crippen LogP contribution in [0.5, 0.6) is 40.2 Å². The van der Waals surface area contributed by atoms with Crippen LogP contribution >= 0.6 is 57.4 Å². The number of hydrogen-bond donors (Lipinski definition) is 19. The van der Waals surface area contributed by atoms with Crippen LogP contribution in [0.1, 0.15) is 131 Å². The number of aromatic hydroxyl groups is 2. The maximum absolute atomic E-state index is 16.6. The number of carboxylic acid groups (broad SMARTS) is 1. The number of aliphatic hydroxyl groups excluding tert-OH is 6. The van der Waals surface area contributed by atoms with Gasteiger partial charge in [-0.2, -0.15) is 0 Å². The van der Waals surface area contributed by atoms with Crippen LogP contribution in [0.2, 0.25) is 15.1 Å². The molecule has 7 amide bonds. The summed E-state index contributed by atoms with van der Waals surface area (Å²) in [5, 5.41) is 127. The number of carbonyl (C=O) groups excluding carboxylic acids is 7. The smallest absolute Gasteiger partial charge is 0.330 e. The molecule has 8 aliphatic rings. The third-order valence-electron chi connectivity index (χ3n) is 22.9. The molecule has 15 rings (SSSR count). The number of benzene rings is 7. The zero-order chi connectivity index (χ0) is 90.3. The maximum Gasteiger partial charge on any atom is 0.330 e. The van der Waals surface area contributed by atoms with Crippen molar-refractivity contribution in [2.75, 3.05) is 13.7 Å². The molecule has 22 atom stereocenters. The first kappa shape index (κ1) is 93.0. The Balaban J connectivity index is 1.02. The average molecular weight is 1900 g/mol. The fraction of sp³-hybridized carbons (Fsp3) is 0.419. The Kier molecular flexibility index (Phi) is 28.6. The van der Waals surface area contributed by atoms with Crippen molar-refractivity contribution >= 4 is 105 Å². The highest BCUT2D eigenvalue weighted by atomic mass is 127. The van der Waals surface area contributed by atoms with Crippen LogP contribution in [0, 0.1) is 9.49 Å². The highest BCUT2D eigenvalue weighted by molar-refractivity contribution is 14.1. The third kappa shape index (κ3) is 20.5. The highest BCUT2D eigenvalue weighted by Crippen LogP contribution is 2.51. The number of ether oxygens (including phenoxy) is 8. The second kappa shape index (κ2) is 38.5. The molecule has 35 nitrogen and oxygen atoms in total. The number of fused-ring (bicyclic) bond motifs is 15. The molecule has 8 heterocycles. The van der Waals surface area contributed by atoms with E-state index in [0.29, 0.717) is 5.02 Å². The number of carboxylic acids is 1. The lowest BCUT2D eigenvalue weighted by molar-refractivity contribution is -0.334. The van der Waals surface area contributed by atoms with E-state index >= 15 is 24.0 Å². The van der Waals surface area contributed by atoms with Crippen LogP contribution in [-0.4, -0.2) is 210 Å². The molecular formula is C86H96Cl3IN10O25. The lowest BCUT2D eigenvalue weighted by atomic mass is 9.84. The maximum atomic E-state index is 16.6. The highest BCUT2D eigenvalue weighted by Gasteiger charge is 2.53. The second-order valence-corrected chi connectivity index (χ2v) is 35.1. The molecule has 3 fully saturated rings. The summed E-state index contributed by atoms with van der Waals surface area (Å²) in [6.07, 6.45) is -22.7. The van der Waals surface area contributed by atoms with Crippen molar-refractivity contribution in [3.05, 3.63) is 179 Å². The van der Waals surface area contributed by atoms with Gasteiger partial charge in [-0.1, -0.05) is 103 Å². The van der Waals surface area contributed by atoms with E-state index in [9.17, 15) is 60.3 Å². The van der Waals surface area contributed by atoms with Crippen molar-refractivity contribution in [3.8, 4) is 62.5 Å². The van der Waals surface area contributed by atoms with Crippen molar-refractivity contribution < 1.29 is 122 Å². The van der Waals surface area contributed by atoms with Gasteiger partial charge in [0, 0.05) is 56.3 Å². The average Bonchev–Trinajstić information content (AvgIpc) is 0.762. The van der Waals surface area contributed by atoms with Crippen LogP contribution in [0.3, 0.4) is 0 Å². The van der Waals surface area contributed by atoms with E-state index in [1.165, 1.54) is 69.4 Å². The molecule has 3 saturated heterocycles. The molecule has 0 unspecified atom stereocenters. The van der Waals surface area contributed by atoms with Crippen molar-refractivity contribution in [1.82, 2.24) is 42.5 Å². The van der Waals surface area contributed by atoms with Gasteiger partial charge in [0.05, 0.1) is 53.5 Å². The number of rotatable bonds is 19. The molecule has 668 valence electrons. The van der Waals surface area contributed by atoms with E-state index in [0.717, 1.165) is 47.0 Å². The predicted molar refractivity (Wildman–Crippen MR) is 456 cm³/mol. The molecule has 125 heavy (non-hydrogen) atoms. The summed E-state index contributed by atoms with van der Waals surface area (Å²) in [7, 11) is 1.49. The van der Waals surface area contributed by atoms with E-state index in [2.05, 4.69) is 42.5 Å². The van der Waals surface area contributed by atoms with Crippen molar-refractivity contribution in [2.45, 2.75) is 207 Å². The number of phenols is 2. The molecule has 0 aromatic heterocycles. The summed E-state index contributed by atoms with van der Waals surface area (Å²) in [5.74, 6) is -14.7. The molecule has 7 aromatic rings. The third-order valence-corrected chi connectivity index (χ3v) is 24.7. The van der Waals surface area contributed by atoms with Gasteiger partial charge >= 0.3 is 5.97 Å². The molecule has 7 aromatic carbocycles. The largest absolute Gasteiger partial charge is 0.508 e. The number of aliphatic hydroxyl groups is 6. The Bertz CT molecular complexity index is 5260. The minimum absolute atomic E-state index is 0.0508. The molecule has 0 saturated carbocycles. The van der Waals surface area contributed by atoms with Crippen LogP contribution in [0.4, 0.5) is 0 Å². The number of carbonyl (C=O) groups is 8. The normalized spacial score (nSPS) is 29.8. The Morgan fingerprint density at radius 3 is 1.86 bits per heavy atom. The number of nitrogens with one attached hydrogen (secondary N) is 8. The summed E-state index contributed by atoms with van der Waals surface area (Å²) < 4.78 is 53.3. The molecule has 21 N–H and O–H groups in total. The summed E-state index contributed by atoms with van der Waals surface area (Å²) in [6.45, 7) is 9.15. The fourth-order valence-electron chi connectivity index (χ4n) is 16.1. The molecule has 8 aliphatic heterocycles. The van der Waals surface area contributed by atoms with Gasteiger partial charge in [-0.15, -0.1) is 0 Å². The standard InChI is InChI=1S/C86H96Cl3IN10O25/c1-35(2)22-52(93-7)77(110)99-67-69(105)42-15-20-55(49(88)24-42)120-57-26-44-27-58(73(57)125-84-74(71(107)70(106)59(34-101)122-84)124-62-32-86(6,76(109)37(4)119-62)94-33-38-8-10-39(11-9-38)40-12-17-45(87)18-13-40)121-56-21-16-43(25-50(56)89)72(123-61-31-85(5,92)75(108)36(3)118-61)68-82(115)98-66(83(116)117)48-28-46(102)29-54(103)63(48)47-23-41(14-19-51(47)90)64(79(112)100-68)97-80(113)65(44)96-78(111)53(30-60(91)104)95-81(67)114/h8-21,23-29,35-37,52-53,59,61-62,64-72,74-76,84,93-94,101-103,105-109H,22,30-34,92H2,1-7H3,(H2,91,104)(H,95,114)(H,96,111)(H,97,113)(H,98,115)(H,99,110)(H,100,112)(H,116,117)/t36-,37-,52+,53-,59+,61-,62-,64+,65+,66-,67+,68-,69+,70+,71-,72+,74+,75-,76-,84-,85-,86-/m0/s1. The number of halogens is 4. The Morgan fingerprint density at radius 1 is 0.656 bits per heavy atom. The van der Waals surface area contributed by atoms with Crippen LogP contribution in [0.15, 0.2) is 127 Å². The predicted octanol–water partition coefficient (Wildman–Crippen LogP) is 5.39. The molecule has 0 aliphatic carbocycles. The molecule has 11 bridgehead atoms. The Morgan fingerprint density at radius 2 is 1.25 bits per heavy atom. The van der Waals surface area contributed by atoms with Crippen LogP contribution in [0.25, 0.3) is 22.3 Å². The van der Waals surface area contributed by atoms with Gasteiger partial charge in [-0.3, -0.25) is 33.6 Å². The summed E-state index contributed by atoms with van der Waals surface area (Å²) in [5.41, 5.74) is 10.7. The van der Waals surface area contributed by atoms with Gasteiger partial charge in [0.1, 0.15) is 83.7 Å². The zero-order valence-electron chi connectivity index (χ0n) is 68.2. The van der Waals surface area contributed by atoms with E-state index in [1.54, 1.807) is 26.0 Å². The van der Waals surface area contributed by atoms with E-state index in [4.69, 9.17) is 84.2 Å². The molecule has 0 spiro atoms. The first-order valence-electron chi connectivity index (χ1n) is 40.0. The van der Waals surface area contributed by atoms with Crippen molar-refractivity contribution in [2.24, 2.45) is 17.4 Å². The van der Waals surface area contributed by atoms with Gasteiger partial charge in [0.15, 0.2) is 36.2 Å². The summed E-state index contributed by atoms with van der Waals surface area (Å²) >= 11 is 22.7. The van der Waals surface area contributed by atoms with Gasteiger partial charge in [-0.25, -0.2) is 4.79 Å². The number of nitrogens with two attached hydrogens (primary N) is 2. The minimum Gasteiger partial charge on any atom is -0.508 e. The fourth-order valence-corrected chi connectivity index (χ4v) is 17.3.